The Balaban J connectivity index is 2.04. The summed E-state index contributed by atoms with van der Waals surface area (Å²) in [6.45, 7) is 1.77. The Kier molecular flexibility index (Phi) is 4.45. The van der Waals surface area contributed by atoms with Gasteiger partial charge in [-0.3, -0.25) is 0 Å². The summed E-state index contributed by atoms with van der Waals surface area (Å²) in [6, 6.07) is 7.93. The SMILES string of the molecule is Cc1cc(F)ccc1CC(O)Cc1ccc(F)c(F)c1. The van der Waals surface area contributed by atoms with E-state index in [2.05, 4.69) is 0 Å². The molecule has 0 saturated carbocycles. The standard InChI is InChI=1S/C16H15F3O/c1-10-6-13(17)4-3-12(10)9-14(20)7-11-2-5-15(18)16(19)8-11/h2-6,8,14,20H,7,9H2,1H3. The van der Waals surface area contributed by atoms with Crippen LogP contribution in [0.4, 0.5) is 13.2 Å². The zero-order chi connectivity index (χ0) is 14.7. The lowest BCUT2D eigenvalue weighted by Gasteiger charge is -2.13. The van der Waals surface area contributed by atoms with Crippen molar-refractivity contribution < 1.29 is 18.3 Å². The topological polar surface area (TPSA) is 20.2 Å². The number of benzene rings is 2. The molecule has 0 saturated heterocycles. The lowest BCUT2D eigenvalue weighted by Crippen LogP contribution is -2.15. The monoisotopic (exact) mass is 280 g/mol. The van der Waals surface area contributed by atoms with Crippen LogP contribution < -0.4 is 0 Å². The molecule has 0 radical (unpaired) electrons. The Hall–Kier alpha value is -1.81. The molecule has 0 heterocycles. The van der Waals surface area contributed by atoms with Crippen LogP contribution in [-0.4, -0.2) is 11.2 Å². The largest absolute Gasteiger partial charge is 0.392 e. The fraction of sp³-hybridized carbons (Fsp3) is 0.250. The molecule has 0 aliphatic rings. The van der Waals surface area contributed by atoms with Crippen LogP contribution in [0.2, 0.25) is 0 Å². The van der Waals surface area contributed by atoms with E-state index in [9.17, 15) is 18.3 Å². The predicted octanol–water partition coefficient (Wildman–Crippen LogP) is 3.56. The highest BCUT2D eigenvalue weighted by atomic mass is 19.2. The second-order valence-corrected chi connectivity index (χ2v) is 4.88. The third kappa shape index (κ3) is 3.61. The average molecular weight is 280 g/mol. The number of hydrogen-bond donors (Lipinski definition) is 1. The van der Waals surface area contributed by atoms with Crippen molar-refractivity contribution >= 4 is 0 Å². The van der Waals surface area contributed by atoms with Gasteiger partial charge in [-0.05, 0) is 60.7 Å². The van der Waals surface area contributed by atoms with Crippen LogP contribution in [0.15, 0.2) is 36.4 Å². The number of aliphatic hydroxyl groups is 1. The molecule has 0 aliphatic carbocycles. The first-order valence-corrected chi connectivity index (χ1v) is 6.32. The lowest BCUT2D eigenvalue weighted by molar-refractivity contribution is 0.175. The number of rotatable bonds is 4. The summed E-state index contributed by atoms with van der Waals surface area (Å²) in [6.07, 6.45) is -0.178. The van der Waals surface area contributed by atoms with Gasteiger partial charge in [-0.1, -0.05) is 12.1 Å². The molecule has 1 N–H and O–H groups in total. The van der Waals surface area contributed by atoms with E-state index in [1.807, 2.05) is 0 Å². The average Bonchev–Trinajstić information content (AvgIpc) is 2.37. The van der Waals surface area contributed by atoms with Crippen molar-refractivity contribution in [2.24, 2.45) is 0 Å². The molecular weight excluding hydrogens is 265 g/mol. The Morgan fingerprint density at radius 1 is 0.950 bits per heavy atom. The summed E-state index contributed by atoms with van der Waals surface area (Å²) >= 11 is 0. The highest BCUT2D eigenvalue weighted by Crippen LogP contribution is 2.16. The van der Waals surface area contributed by atoms with Crippen LogP contribution in [0.5, 0.6) is 0 Å². The van der Waals surface area contributed by atoms with Crippen LogP contribution in [0.25, 0.3) is 0 Å². The zero-order valence-electron chi connectivity index (χ0n) is 11.0. The quantitative estimate of drug-likeness (QED) is 0.908. The molecule has 4 heteroatoms. The number of halogens is 3. The molecule has 2 aromatic carbocycles. The minimum atomic E-state index is -0.923. The zero-order valence-corrected chi connectivity index (χ0v) is 11.0. The van der Waals surface area contributed by atoms with E-state index in [-0.39, 0.29) is 12.2 Å². The molecule has 0 aliphatic heterocycles. The maximum atomic E-state index is 13.1. The fourth-order valence-electron chi connectivity index (χ4n) is 2.15. The maximum Gasteiger partial charge on any atom is 0.159 e. The molecule has 0 spiro atoms. The van der Waals surface area contributed by atoms with E-state index in [4.69, 9.17) is 0 Å². The third-order valence-corrected chi connectivity index (χ3v) is 3.22. The number of hydrogen-bond acceptors (Lipinski definition) is 1. The van der Waals surface area contributed by atoms with Crippen LogP contribution in [0.3, 0.4) is 0 Å². The van der Waals surface area contributed by atoms with E-state index in [0.717, 1.165) is 23.3 Å². The van der Waals surface area contributed by atoms with Crippen molar-refractivity contribution in [2.75, 3.05) is 0 Å². The van der Waals surface area contributed by atoms with Gasteiger partial charge in [-0.25, -0.2) is 13.2 Å². The normalized spacial score (nSPS) is 12.4. The first-order chi connectivity index (χ1) is 9.45. The smallest absolute Gasteiger partial charge is 0.159 e. The second-order valence-electron chi connectivity index (χ2n) is 4.88. The van der Waals surface area contributed by atoms with Crippen molar-refractivity contribution in [1.29, 1.82) is 0 Å². The van der Waals surface area contributed by atoms with Gasteiger partial charge < -0.3 is 5.11 Å². The van der Waals surface area contributed by atoms with Crippen LogP contribution in [0.1, 0.15) is 16.7 Å². The molecule has 0 amide bonds. The summed E-state index contributed by atoms with van der Waals surface area (Å²) < 4.78 is 38.8. The van der Waals surface area contributed by atoms with Crippen molar-refractivity contribution in [3.8, 4) is 0 Å². The molecule has 0 bridgehead atoms. The number of aryl methyl sites for hydroxylation is 1. The molecule has 20 heavy (non-hydrogen) atoms. The summed E-state index contributed by atoms with van der Waals surface area (Å²) in [4.78, 5) is 0. The Morgan fingerprint density at radius 2 is 1.70 bits per heavy atom. The van der Waals surface area contributed by atoms with E-state index in [1.165, 1.54) is 18.2 Å². The molecule has 0 fully saturated rings. The predicted molar refractivity (Wildman–Crippen MR) is 70.9 cm³/mol. The van der Waals surface area contributed by atoms with Gasteiger partial charge in [0.25, 0.3) is 0 Å². The molecule has 1 unspecified atom stereocenters. The lowest BCUT2D eigenvalue weighted by atomic mass is 9.98. The van der Waals surface area contributed by atoms with Crippen LogP contribution >= 0.6 is 0 Å². The van der Waals surface area contributed by atoms with E-state index in [0.29, 0.717) is 12.0 Å². The Labute approximate surface area is 115 Å². The second kappa shape index (κ2) is 6.09. The molecule has 1 nitrogen and oxygen atoms in total. The first kappa shape index (κ1) is 14.6. The Bertz CT molecular complexity index is 611. The van der Waals surface area contributed by atoms with Gasteiger partial charge in [0.1, 0.15) is 5.82 Å². The highest BCUT2D eigenvalue weighted by molar-refractivity contribution is 5.27. The molecular formula is C16H15F3O. The van der Waals surface area contributed by atoms with Crippen molar-refractivity contribution in [3.63, 3.8) is 0 Å². The van der Waals surface area contributed by atoms with Gasteiger partial charge in [0, 0.05) is 0 Å². The summed E-state index contributed by atoms with van der Waals surface area (Å²) in [5.74, 6) is -2.15. The van der Waals surface area contributed by atoms with Crippen molar-refractivity contribution in [3.05, 3.63) is 70.5 Å². The fourth-order valence-corrected chi connectivity index (χ4v) is 2.15. The van der Waals surface area contributed by atoms with Gasteiger partial charge in [-0.15, -0.1) is 0 Å². The Morgan fingerprint density at radius 3 is 2.35 bits per heavy atom. The van der Waals surface area contributed by atoms with Crippen LogP contribution in [0, 0.1) is 24.4 Å². The highest BCUT2D eigenvalue weighted by Gasteiger charge is 2.11. The molecule has 2 aromatic rings. The van der Waals surface area contributed by atoms with Crippen molar-refractivity contribution in [2.45, 2.75) is 25.9 Å². The first-order valence-electron chi connectivity index (χ1n) is 6.32. The van der Waals surface area contributed by atoms with Crippen molar-refractivity contribution in [1.82, 2.24) is 0 Å². The van der Waals surface area contributed by atoms with Gasteiger partial charge in [0.15, 0.2) is 11.6 Å². The molecule has 2 rings (SSSR count). The van der Waals surface area contributed by atoms with Gasteiger partial charge in [0.2, 0.25) is 0 Å². The summed E-state index contributed by atoms with van der Waals surface area (Å²) in [5, 5.41) is 10.0. The minimum absolute atomic E-state index is 0.216. The number of aliphatic hydroxyl groups excluding tert-OH is 1. The van der Waals surface area contributed by atoms with E-state index >= 15 is 0 Å². The molecule has 106 valence electrons. The molecule has 0 aromatic heterocycles. The summed E-state index contributed by atoms with van der Waals surface area (Å²) in [7, 11) is 0. The third-order valence-electron chi connectivity index (χ3n) is 3.22. The van der Waals surface area contributed by atoms with Gasteiger partial charge in [0.05, 0.1) is 6.10 Å². The van der Waals surface area contributed by atoms with E-state index < -0.39 is 17.7 Å². The van der Waals surface area contributed by atoms with Crippen LogP contribution in [-0.2, 0) is 12.8 Å². The van der Waals surface area contributed by atoms with Gasteiger partial charge >= 0.3 is 0 Å². The van der Waals surface area contributed by atoms with E-state index in [1.54, 1.807) is 13.0 Å². The molecule has 1 atom stereocenters. The van der Waals surface area contributed by atoms with Gasteiger partial charge in [-0.2, -0.15) is 0 Å². The maximum absolute atomic E-state index is 13.1. The minimum Gasteiger partial charge on any atom is -0.392 e. The summed E-state index contributed by atoms with van der Waals surface area (Å²) in [5.41, 5.74) is 2.12.